The van der Waals surface area contributed by atoms with Gasteiger partial charge in [-0.2, -0.15) is 5.26 Å². The van der Waals surface area contributed by atoms with Crippen molar-refractivity contribution in [1.29, 1.82) is 5.26 Å². The average molecular weight is 274 g/mol. The molecule has 3 nitrogen and oxygen atoms in total. The number of aromatic nitrogens is 1. The van der Waals surface area contributed by atoms with Crippen LogP contribution >= 0.6 is 0 Å². The summed E-state index contributed by atoms with van der Waals surface area (Å²) in [5, 5.41) is 10.3. The van der Waals surface area contributed by atoms with Crippen molar-refractivity contribution in [3.63, 3.8) is 0 Å². The predicted octanol–water partition coefficient (Wildman–Crippen LogP) is 3.71. The van der Waals surface area contributed by atoms with Crippen molar-refractivity contribution in [2.45, 2.75) is 6.42 Å². The van der Waals surface area contributed by atoms with Gasteiger partial charge in [-0.3, -0.25) is 4.98 Å². The number of rotatable bonds is 3. The Balaban J connectivity index is 2.08. The Morgan fingerprint density at radius 1 is 1.10 bits per heavy atom. The molecule has 3 aromatic rings. The molecule has 21 heavy (non-hydrogen) atoms. The van der Waals surface area contributed by atoms with Crippen LogP contribution < -0.4 is 4.74 Å². The molecule has 0 aliphatic carbocycles. The summed E-state index contributed by atoms with van der Waals surface area (Å²) in [6.45, 7) is 0. The van der Waals surface area contributed by atoms with E-state index in [2.05, 4.69) is 11.1 Å². The molecule has 1 aromatic heterocycles. The minimum absolute atomic E-state index is 0.611. The van der Waals surface area contributed by atoms with Crippen molar-refractivity contribution in [2.24, 2.45) is 0 Å². The van der Waals surface area contributed by atoms with Crippen molar-refractivity contribution in [3.8, 4) is 11.8 Å². The number of hydrogen-bond acceptors (Lipinski definition) is 3. The zero-order valence-electron chi connectivity index (χ0n) is 11.7. The van der Waals surface area contributed by atoms with Crippen molar-refractivity contribution in [1.82, 2.24) is 4.98 Å². The Morgan fingerprint density at radius 2 is 1.90 bits per heavy atom. The molecule has 0 aliphatic heterocycles. The molecule has 102 valence electrons. The smallest absolute Gasteiger partial charge is 0.119 e. The van der Waals surface area contributed by atoms with Gasteiger partial charge in [-0.05, 0) is 29.8 Å². The first-order chi connectivity index (χ1) is 10.3. The van der Waals surface area contributed by atoms with Crippen LogP contribution in [-0.4, -0.2) is 12.1 Å². The molecule has 0 unspecified atom stereocenters. The summed E-state index contributed by atoms with van der Waals surface area (Å²) in [7, 11) is 1.63. The van der Waals surface area contributed by atoms with E-state index in [1.165, 1.54) is 0 Å². The lowest BCUT2D eigenvalue weighted by Gasteiger charge is -2.07. The molecule has 0 spiro atoms. The standard InChI is InChI=1S/C18H14N2O/c1-21-16-7-8-17-14(11-16)10-15(12-19)18(20-17)9-13-5-3-2-4-6-13/h2-8,10-11H,9H2,1H3. The van der Waals surface area contributed by atoms with Crippen molar-refractivity contribution in [2.75, 3.05) is 7.11 Å². The lowest BCUT2D eigenvalue weighted by Crippen LogP contribution is -1.97. The molecule has 1 heterocycles. The summed E-state index contributed by atoms with van der Waals surface area (Å²) in [6, 6.07) is 19.9. The Morgan fingerprint density at radius 3 is 2.62 bits per heavy atom. The number of fused-ring (bicyclic) bond motifs is 1. The van der Waals surface area contributed by atoms with Crippen LogP contribution in [0.2, 0.25) is 0 Å². The highest BCUT2D eigenvalue weighted by Crippen LogP contribution is 2.23. The normalized spacial score (nSPS) is 10.3. The van der Waals surface area contributed by atoms with Crippen LogP contribution in [0, 0.1) is 11.3 Å². The fourth-order valence-electron chi connectivity index (χ4n) is 2.34. The van der Waals surface area contributed by atoms with Gasteiger partial charge in [0.15, 0.2) is 0 Å². The summed E-state index contributed by atoms with van der Waals surface area (Å²) in [6.07, 6.45) is 0.658. The van der Waals surface area contributed by atoms with Gasteiger partial charge < -0.3 is 4.74 Å². The van der Waals surface area contributed by atoms with Gasteiger partial charge in [0.25, 0.3) is 0 Å². The van der Waals surface area contributed by atoms with E-state index in [-0.39, 0.29) is 0 Å². The molecule has 0 N–H and O–H groups in total. The van der Waals surface area contributed by atoms with Gasteiger partial charge in [-0.25, -0.2) is 0 Å². The summed E-state index contributed by atoms with van der Waals surface area (Å²) in [5.41, 5.74) is 3.44. The quantitative estimate of drug-likeness (QED) is 0.731. The molecular weight excluding hydrogens is 260 g/mol. The Labute approximate surface area is 123 Å². The van der Waals surface area contributed by atoms with Gasteiger partial charge in [-0.1, -0.05) is 30.3 Å². The number of benzene rings is 2. The number of methoxy groups -OCH3 is 1. The third-order valence-corrected chi connectivity index (χ3v) is 3.44. The average Bonchev–Trinajstić information content (AvgIpc) is 2.54. The molecule has 0 fully saturated rings. The third-order valence-electron chi connectivity index (χ3n) is 3.44. The van der Waals surface area contributed by atoms with Crippen LogP contribution in [0.15, 0.2) is 54.6 Å². The molecule has 0 radical (unpaired) electrons. The molecule has 0 bridgehead atoms. The fraction of sp³-hybridized carbons (Fsp3) is 0.111. The van der Waals surface area contributed by atoms with E-state index in [0.717, 1.165) is 27.9 Å². The highest BCUT2D eigenvalue weighted by atomic mass is 16.5. The van der Waals surface area contributed by atoms with Gasteiger partial charge in [0.1, 0.15) is 11.8 Å². The predicted molar refractivity (Wildman–Crippen MR) is 82.3 cm³/mol. The highest BCUT2D eigenvalue weighted by Gasteiger charge is 2.08. The lowest BCUT2D eigenvalue weighted by molar-refractivity contribution is 0.415. The van der Waals surface area contributed by atoms with Crippen molar-refractivity contribution >= 4 is 10.9 Å². The van der Waals surface area contributed by atoms with E-state index < -0.39 is 0 Å². The molecule has 0 atom stereocenters. The topological polar surface area (TPSA) is 45.9 Å². The largest absolute Gasteiger partial charge is 0.497 e. The van der Waals surface area contributed by atoms with Crippen LogP contribution in [0.1, 0.15) is 16.8 Å². The minimum atomic E-state index is 0.611. The summed E-state index contributed by atoms with van der Waals surface area (Å²) < 4.78 is 5.21. The minimum Gasteiger partial charge on any atom is -0.497 e. The van der Waals surface area contributed by atoms with Crippen LogP contribution in [0.5, 0.6) is 5.75 Å². The summed E-state index contributed by atoms with van der Waals surface area (Å²) in [4.78, 5) is 4.64. The maximum Gasteiger partial charge on any atom is 0.119 e. The zero-order valence-corrected chi connectivity index (χ0v) is 11.7. The van der Waals surface area contributed by atoms with E-state index in [1.54, 1.807) is 7.11 Å². The molecule has 0 amide bonds. The van der Waals surface area contributed by atoms with Crippen molar-refractivity contribution in [3.05, 3.63) is 71.4 Å². The second-order valence-electron chi connectivity index (χ2n) is 4.82. The van der Waals surface area contributed by atoms with Crippen LogP contribution in [0.25, 0.3) is 10.9 Å². The molecular formula is C18H14N2O. The van der Waals surface area contributed by atoms with E-state index in [4.69, 9.17) is 4.74 Å². The maximum atomic E-state index is 9.36. The Kier molecular flexibility index (Phi) is 3.53. The Bertz CT molecular complexity index is 820. The highest BCUT2D eigenvalue weighted by molar-refractivity contribution is 5.82. The number of ether oxygens (including phenoxy) is 1. The molecule has 3 heteroatoms. The molecule has 0 saturated heterocycles. The number of hydrogen-bond donors (Lipinski definition) is 0. The van der Waals surface area contributed by atoms with Gasteiger partial charge in [0, 0.05) is 11.8 Å². The Hall–Kier alpha value is -2.86. The molecule has 0 saturated carbocycles. The number of nitrogens with zero attached hydrogens (tertiary/aromatic N) is 2. The van der Waals surface area contributed by atoms with Crippen LogP contribution in [-0.2, 0) is 6.42 Å². The third kappa shape index (κ3) is 2.70. The second kappa shape index (κ2) is 5.64. The lowest BCUT2D eigenvalue weighted by atomic mass is 10.0. The first-order valence-electron chi connectivity index (χ1n) is 6.72. The summed E-state index contributed by atoms with van der Waals surface area (Å²) in [5.74, 6) is 0.768. The van der Waals surface area contributed by atoms with Gasteiger partial charge >= 0.3 is 0 Å². The SMILES string of the molecule is COc1ccc2nc(Cc3ccccc3)c(C#N)cc2c1. The molecule has 3 rings (SSSR count). The second-order valence-corrected chi connectivity index (χ2v) is 4.82. The van der Waals surface area contributed by atoms with E-state index in [1.807, 2.05) is 54.6 Å². The first kappa shape index (κ1) is 13.1. The zero-order chi connectivity index (χ0) is 14.7. The fourth-order valence-corrected chi connectivity index (χ4v) is 2.34. The molecule has 2 aromatic carbocycles. The summed E-state index contributed by atoms with van der Waals surface area (Å²) >= 11 is 0. The number of pyridine rings is 1. The number of nitriles is 1. The van der Waals surface area contributed by atoms with Crippen LogP contribution in [0.4, 0.5) is 0 Å². The molecule has 0 aliphatic rings. The van der Waals surface area contributed by atoms with Crippen LogP contribution in [0.3, 0.4) is 0 Å². The van der Waals surface area contributed by atoms with Gasteiger partial charge in [-0.15, -0.1) is 0 Å². The maximum absolute atomic E-state index is 9.36. The van der Waals surface area contributed by atoms with E-state index in [0.29, 0.717) is 12.0 Å². The van der Waals surface area contributed by atoms with E-state index >= 15 is 0 Å². The van der Waals surface area contributed by atoms with E-state index in [9.17, 15) is 5.26 Å². The van der Waals surface area contributed by atoms with Crippen molar-refractivity contribution < 1.29 is 4.74 Å². The first-order valence-corrected chi connectivity index (χ1v) is 6.72. The van der Waals surface area contributed by atoms with Gasteiger partial charge in [0.05, 0.1) is 23.9 Å². The monoisotopic (exact) mass is 274 g/mol. The van der Waals surface area contributed by atoms with Gasteiger partial charge in [0.2, 0.25) is 0 Å².